The maximum Gasteiger partial charge on any atom is 0.273 e. The minimum atomic E-state index is -3.61. The second-order valence-corrected chi connectivity index (χ2v) is 12.1. The Morgan fingerprint density at radius 1 is 1.03 bits per heavy atom. The molecule has 0 saturated heterocycles. The molecule has 158 valence electrons. The van der Waals surface area contributed by atoms with Crippen LogP contribution in [0, 0.1) is 6.92 Å². The van der Waals surface area contributed by atoms with Crippen molar-refractivity contribution in [2.75, 3.05) is 15.6 Å². The molecule has 0 bridgehead atoms. The minimum absolute atomic E-state index is 0.122. The van der Waals surface area contributed by atoms with Gasteiger partial charge >= 0.3 is 0 Å². The second kappa shape index (κ2) is 8.05. The smallest absolute Gasteiger partial charge is 0.273 e. The number of anilines is 2. The van der Waals surface area contributed by atoms with E-state index in [1.165, 1.54) is 15.6 Å². The van der Waals surface area contributed by atoms with E-state index in [0.29, 0.717) is 40.5 Å². The molecular formula is C21H22N2O4S3. The number of nitrogens with one attached hydrogen (secondary N) is 1. The summed E-state index contributed by atoms with van der Waals surface area (Å²) in [6, 6.07) is 15.7. The molecule has 0 amide bonds. The van der Waals surface area contributed by atoms with Crippen LogP contribution in [0.25, 0.3) is 0 Å². The molecule has 0 radical (unpaired) electrons. The zero-order valence-electron chi connectivity index (χ0n) is 16.4. The standard InChI is InChI=1S/C21H22N2O4S3/c1-16-6-8-17(9-7-16)15-29(24,25)22-19-10-11-20-18(14-19)4-2-12-23(20)30(26,27)21-5-3-13-28-21/h3,5-11,13-14,22H,2,4,12,15H2,1H3. The summed E-state index contributed by atoms with van der Waals surface area (Å²) < 4.78 is 55.5. The predicted molar refractivity (Wildman–Crippen MR) is 121 cm³/mol. The van der Waals surface area contributed by atoms with Crippen molar-refractivity contribution in [2.45, 2.75) is 29.7 Å². The fourth-order valence-electron chi connectivity index (χ4n) is 3.51. The third kappa shape index (κ3) is 4.38. The molecule has 2 heterocycles. The largest absolute Gasteiger partial charge is 0.283 e. The van der Waals surface area contributed by atoms with Crippen molar-refractivity contribution in [1.82, 2.24) is 0 Å². The zero-order valence-corrected chi connectivity index (χ0v) is 18.9. The predicted octanol–water partition coefficient (Wildman–Crippen LogP) is 4.14. The van der Waals surface area contributed by atoms with Gasteiger partial charge in [-0.25, -0.2) is 16.8 Å². The lowest BCUT2D eigenvalue weighted by molar-refractivity contribution is 0.588. The molecule has 0 fully saturated rings. The number of nitrogens with zero attached hydrogens (tertiary/aromatic N) is 1. The van der Waals surface area contributed by atoms with Crippen molar-refractivity contribution in [3.63, 3.8) is 0 Å². The van der Waals surface area contributed by atoms with Crippen molar-refractivity contribution in [3.05, 3.63) is 76.7 Å². The molecule has 30 heavy (non-hydrogen) atoms. The molecule has 0 saturated carbocycles. The van der Waals surface area contributed by atoms with Gasteiger partial charge in [0, 0.05) is 12.2 Å². The summed E-state index contributed by atoms with van der Waals surface area (Å²) in [5.41, 5.74) is 3.64. The van der Waals surface area contributed by atoms with Crippen molar-refractivity contribution >= 4 is 42.8 Å². The number of aryl methyl sites for hydroxylation is 2. The van der Waals surface area contributed by atoms with E-state index in [1.54, 1.807) is 47.8 Å². The Labute approximate surface area is 181 Å². The van der Waals surface area contributed by atoms with Gasteiger partial charge in [-0.1, -0.05) is 35.9 Å². The molecule has 1 aromatic heterocycles. The van der Waals surface area contributed by atoms with Gasteiger partial charge < -0.3 is 0 Å². The van der Waals surface area contributed by atoms with Crippen LogP contribution in [-0.4, -0.2) is 23.4 Å². The molecule has 1 N–H and O–H groups in total. The zero-order chi connectivity index (χ0) is 21.4. The fourth-order valence-corrected chi connectivity index (χ4v) is 7.35. The van der Waals surface area contributed by atoms with Crippen molar-refractivity contribution in [2.24, 2.45) is 0 Å². The number of fused-ring (bicyclic) bond motifs is 1. The number of sulfonamides is 2. The van der Waals surface area contributed by atoms with Crippen molar-refractivity contribution < 1.29 is 16.8 Å². The SMILES string of the molecule is Cc1ccc(CS(=O)(=O)Nc2ccc3c(c2)CCCN3S(=O)(=O)c2cccs2)cc1. The Hall–Kier alpha value is -2.36. The lowest BCUT2D eigenvalue weighted by Crippen LogP contribution is -2.35. The molecule has 4 rings (SSSR count). The summed E-state index contributed by atoms with van der Waals surface area (Å²) in [6.45, 7) is 2.36. The molecule has 6 nitrogen and oxygen atoms in total. The van der Waals surface area contributed by atoms with E-state index in [9.17, 15) is 16.8 Å². The van der Waals surface area contributed by atoms with E-state index in [2.05, 4.69) is 4.72 Å². The van der Waals surface area contributed by atoms with Crippen LogP contribution in [-0.2, 0) is 32.2 Å². The highest BCUT2D eigenvalue weighted by molar-refractivity contribution is 7.94. The summed E-state index contributed by atoms with van der Waals surface area (Å²) >= 11 is 1.19. The Bertz CT molecular complexity index is 1250. The quantitative estimate of drug-likeness (QED) is 0.597. The van der Waals surface area contributed by atoms with Gasteiger partial charge in [-0.15, -0.1) is 11.3 Å². The third-order valence-electron chi connectivity index (χ3n) is 4.95. The molecule has 1 aliphatic heterocycles. The van der Waals surface area contributed by atoms with Crippen LogP contribution >= 0.6 is 11.3 Å². The topological polar surface area (TPSA) is 83.6 Å². The Morgan fingerprint density at radius 2 is 1.80 bits per heavy atom. The van der Waals surface area contributed by atoms with E-state index in [1.807, 2.05) is 19.1 Å². The third-order valence-corrected chi connectivity index (χ3v) is 9.39. The van der Waals surface area contributed by atoms with Gasteiger partial charge in [-0.05, 0) is 60.5 Å². The van der Waals surface area contributed by atoms with E-state index in [4.69, 9.17) is 0 Å². The summed E-state index contributed by atoms with van der Waals surface area (Å²) in [4.78, 5) is 0. The molecule has 0 atom stereocenters. The van der Waals surface area contributed by atoms with E-state index in [0.717, 1.165) is 11.1 Å². The first-order valence-corrected chi connectivity index (χ1v) is 13.5. The van der Waals surface area contributed by atoms with Crippen molar-refractivity contribution in [3.8, 4) is 0 Å². The number of benzene rings is 2. The number of hydrogen-bond donors (Lipinski definition) is 1. The van der Waals surface area contributed by atoms with Crippen LogP contribution in [0.5, 0.6) is 0 Å². The number of rotatable bonds is 6. The highest BCUT2D eigenvalue weighted by atomic mass is 32.2. The van der Waals surface area contributed by atoms with Crippen LogP contribution in [0.4, 0.5) is 11.4 Å². The van der Waals surface area contributed by atoms with Gasteiger partial charge in [0.1, 0.15) is 4.21 Å². The second-order valence-electron chi connectivity index (χ2n) is 7.30. The highest BCUT2D eigenvalue weighted by Crippen LogP contribution is 2.35. The molecular weight excluding hydrogens is 440 g/mol. The van der Waals surface area contributed by atoms with Gasteiger partial charge in [0.05, 0.1) is 11.4 Å². The van der Waals surface area contributed by atoms with E-state index >= 15 is 0 Å². The van der Waals surface area contributed by atoms with Crippen LogP contribution in [0.3, 0.4) is 0 Å². The van der Waals surface area contributed by atoms with E-state index < -0.39 is 20.0 Å². The fraction of sp³-hybridized carbons (Fsp3) is 0.238. The van der Waals surface area contributed by atoms with Gasteiger partial charge in [-0.3, -0.25) is 9.03 Å². The Kier molecular flexibility index (Phi) is 5.61. The molecule has 0 spiro atoms. The summed E-state index contributed by atoms with van der Waals surface area (Å²) in [5, 5.41) is 1.74. The van der Waals surface area contributed by atoms with Gasteiger partial charge in [0.2, 0.25) is 10.0 Å². The Balaban J connectivity index is 1.57. The molecule has 3 aromatic rings. The van der Waals surface area contributed by atoms with Crippen LogP contribution in [0.1, 0.15) is 23.1 Å². The first-order chi connectivity index (χ1) is 14.2. The molecule has 0 aliphatic carbocycles. The number of hydrogen-bond acceptors (Lipinski definition) is 5. The average molecular weight is 463 g/mol. The van der Waals surface area contributed by atoms with Crippen LogP contribution < -0.4 is 9.03 Å². The maximum atomic E-state index is 13.0. The summed E-state index contributed by atoms with van der Waals surface area (Å²) in [5.74, 6) is -0.122. The Morgan fingerprint density at radius 3 is 2.50 bits per heavy atom. The molecule has 1 aliphatic rings. The first kappa shape index (κ1) is 20.9. The first-order valence-electron chi connectivity index (χ1n) is 9.50. The lowest BCUT2D eigenvalue weighted by Gasteiger charge is -2.30. The highest BCUT2D eigenvalue weighted by Gasteiger charge is 2.30. The van der Waals surface area contributed by atoms with Gasteiger partial charge in [0.15, 0.2) is 0 Å². The summed E-state index contributed by atoms with van der Waals surface area (Å²) in [7, 11) is -7.20. The normalized spacial score (nSPS) is 14.4. The number of thiophene rings is 1. The van der Waals surface area contributed by atoms with Crippen LogP contribution in [0.15, 0.2) is 64.2 Å². The monoisotopic (exact) mass is 462 g/mol. The van der Waals surface area contributed by atoms with Crippen molar-refractivity contribution in [1.29, 1.82) is 0 Å². The summed E-state index contributed by atoms with van der Waals surface area (Å²) in [6.07, 6.45) is 1.37. The van der Waals surface area contributed by atoms with E-state index in [-0.39, 0.29) is 5.75 Å². The molecule has 9 heteroatoms. The van der Waals surface area contributed by atoms with Gasteiger partial charge in [0.25, 0.3) is 10.0 Å². The van der Waals surface area contributed by atoms with Gasteiger partial charge in [-0.2, -0.15) is 0 Å². The minimum Gasteiger partial charge on any atom is -0.283 e. The lowest BCUT2D eigenvalue weighted by atomic mass is 10.0. The maximum absolute atomic E-state index is 13.0. The molecule has 0 unspecified atom stereocenters. The molecule has 2 aromatic carbocycles. The average Bonchev–Trinajstić information content (AvgIpc) is 3.24. The van der Waals surface area contributed by atoms with Crippen LogP contribution in [0.2, 0.25) is 0 Å².